The van der Waals surface area contributed by atoms with Gasteiger partial charge in [0, 0.05) is 12.8 Å². The molecule has 1 fully saturated rings. The van der Waals surface area contributed by atoms with Crippen LogP contribution >= 0.6 is 0 Å². The Morgan fingerprint density at radius 2 is 2.07 bits per heavy atom. The number of aliphatic hydroxyl groups is 1. The van der Waals surface area contributed by atoms with Gasteiger partial charge in [0.15, 0.2) is 0 Å². The number of esters is 1. The number of aromatic amines is 1. The highest BCUT2D eigenvalue weighted by Crippen LogP contribution is 2.30. The first-order chi connectivity index (χ1) is 13.0. The van der Waals surface area contributed by atoms with Crippen LogP contribution in [0.2, 0.25) is 0 Å². The van der Waals surface area contributed by atoms with Crippen LogP contribution in [0.1, 0.15) is 24.6 Å². The Hall–Kier alpha value is -2.78. The monoisotopic (exact) mass is 378 g/mol. The maximum absolute atomic E-state index is 13.5. The second-order valence-electron chi connectivity index (χ2n) is 6.20. The number of halogens is 1. The number of aryl methyl sites for hydroxylation is 1. The second kappa shape index (κ2) is 8.28. The van der Waals surface area contributed by atoms with Crippen molar-refractivity contribution < 1.29 is 23.8 Å². The molecule has 0 amide bonds. The first kappa shape index (κ1) is 19.0. The van der Waals surface area contributed by atoms with Crippen LogP contribution in [0.4, 0.5) is 4.39 Å². The Morgan fingerprint density at radius 1 is 1.33 bits per heavy atom. The molecule has 2 aromatic rings. The third-order valence-electron chi connectivity index (χ3n) is 4.34. The number of carbonyl (C=O) groups is 1. The molecule has 144 valence electrons. The van der Waals surface area contributed by atoms with E-state index in [0.29, 0.717) is 6.42 Å². The van der Waals surface area contributed by atoms with E-state index in [0.717, 1.165) is 16.3 Å². The van der Waals surface area contributed by atoms with Gasteiger partial charge in [0.25, 0.3) is 5.56 Å². The average Bonchev–Trinajstić information content (AvgIpc) is 3.06. The molecule has 0 unspecified atom stereocenters. The quantitative estimate of drug-likeness (QED) is 0.709. The van der Waals surface area contributed by atoms with Crippen molar-refractivity contribution >= 4 is 5.97 Å². The van der Waals surface area contributed by atoms with Crippen molar-refractivity contribution in [2.75, 3.05) is 6.61 Å². The third kappa shape index (κ3) is 4.50. The molecule has 2 heterocycles. The van der Waals surface area contributed by atoms with E-state index < -0.39 is 48.1 Å². The molecule has 0 spiro atoms. The predicted octanol–water partition coefficient (Wildman–Crippen LogP) is 0.500. The van der Waals surface area contributed by atoms with Gasteiger partial charge < -0.3 is 14.6 Å². The zero-order valence-electron chi connectivity index (χ0n) is 14.3. The first-order valence-electron chi connectivity index (χ1n) is 8.48. The van der Waals surface area contributed by atoms with E-state index in [2.05, 4.69) is 0 Å². The summed E-state index contributed by atoms with van der Waals surface area (Å²) in [6.45, 7) is -0.437. The summed E-state index contributed by atoms with van der Waals surface area (Å²) in [5.41, 5.74) is -0.986. The minimum atomic E-state index is -1.14. The van der Waals surface area contributed by atoms with Crippen LogP contribution in [-0.2, 0) is 20.7 Å². The molecule has 8 nitrogen and oxygen atoms in total. The fourth-order valence-electron chi connectivity index (χ4n) is 2.95. The lowest BCUT2D eigenvalue weighted by Gasteiger charge is -2.16. The molecule has 0 bridgehead atoms. The van der Waals surface area contributed by atoms with Gasteiger partial charge in [-0.3, -0.25) is 19.1 Å². The average molecular weight is 378 g/mol. The molecule has 9 heteroatoms. The van der Waals surface area contributed by atoms with Gasteiger partial charge in [0.05, 0.1) is 12.8 Å². The van der Waals surface area contributed by atoms with Gasteiger partial charge in [0.2, 0.25) is 5.82 Å². The van der Waals surface area contributed by atoms with Crippen molar-refractivity contribution in [2.45, 2.75) is 37.7 Å². The number of aromatic nitrogens is 2. The van der Waals surface area contributed by atoms with Crippen LogP contribution in [0.15, 0.2) is 46.1 Å². The standard InChI is InChI=1S/C18H19FN2O6/c19-12-9-21(18(25)20-17(12)24)15-8-13(14(10-22)26-15)27-16(23)7-6-11-4-2-1-3-5-11/h1-5,9,13-15,22H,6-8,10H2,(H,20,24,25)/t13-,14+,15+/m0/s1. The summed E-state index contributed by atoms with van der Waals surface area (Å²) in [7, 11) is 0. The SMILES string of the molecule is O=C(CCc1ccccc1)O[C@H]1C[C@H](n2cc(F)c(=O)[nH]c2=O)O[C@@H]1CO. The Kier molecular flexibility index (Phi) is 5.82. The summed E-state index contributed by atoms with van der Waals surface area (Å²) in [5, 5.41) is 9.45. The highest BCUT2D eigenvalue weighted by Gasteiger charge is 2.39. The molecular weight excluding hydrogens is 359 g/mol. The van der Waals surface area contributed by atoms with Crippen LogP contribution in [0, 0.1) is 5.82 Å². The zero-order chi connectivity index (χ0) is 19.4. The van der Waals surface area contributed by atoms with Crippen LogP contribution in [0.3, 0.4) is 0 Å². The van der Waals surface area contributed by atoms with Gasteiger partial charge in [-0.15, -0.1) is 0 Å². The van der Waals surface area contributed by atoms with Gasteiger partial charge in [-0.2, -0.15) is 4.39 Å². The fourth-order valence-corrected chi connectivity index (χ4v) is 2.95. The Balaban J connectivity index is 1.64. The predicted molar refractivity (Wildman–Crippen MR) is 91.5 cm³/mol. The van der Waals surface area contributed by atoms with Gasteiger partial charge in [-0.1, -0.05) is 30.3 Å². The number of nitrogens with one attached hydrogen (secondary N) is 1. The molecule has 2 N–H and O–H groups in total. The Bertz CT molecular complexity index is 910. The van der Waals surface area contributed by atoms with Crippen molar-refractivity contribution in [3.63, 3.8) is 0 Å². The smallest absolute Gasteiger partial charge is 0.330 e. The molecule has 1 aliphatic heterocycles. The summed E-state index contributed by atoms with van der Waals surface area (Å²) < 4.78 is 25.2. The normalized spacial score (nSPS) is 21.9. The maximum Gasteiger partial charge on any atom is 0.330 e. The lowest BCUT2D eigenvalue weighted by Crippen LogP contribution is -2.34. The van der Waals surface area contributed by atoms with Crippen LogP contribution in [0.25, 0.3) is 0 Å². The van der Waals surface area contributed by atoms with Crippen LogP contribution in [-0.4, -0.2) is 39.4 Å². The number of H-pyrrole nitrogens is 1. The molecule has 3 atom stereocenters. The van der Waals surface area contributed by atoms with Gasteiger partial charge in [-0.25, -0.2) is 4.79 Å². The van der Waals surface area contributed by atoms with E-state index in [1.807, 2.05) is 35.3 Å². The van der Waals surface area contributed by atoms with Crippen molar-refractivity contribution in [3.05, 3.63) is 68.7 Å². The fraction of sp³-hybridized carbons (Fsp3) is 0.389. The minimum Gasteiger partial charge on any atom is -0.459 e. The largest absolute Gasteiger partial charge is 0.459 e. The molecule has 0 radical (unpaired) electrons. The highest BCUT2D eigenvalue weighted by atomic mass is 19.1. The molecule has 1 aromatic heterocycles. The lowest BCUT2D eigenvalue weighted by atomic mass is 10.1. The van der Waals surface area contributed by atoms with Crippen molar-refractivity contribution in [2.24, 2.45) is 0 Å². The highest BCUT2D eigenvalue weighted by molar-refractivity contribution is 5.70. The molecule has 1 aromatic carbocycles. The number of rotatable bonds is 6. The van der Waals surface area contributed by atoms with E-state index in [4.69, 9.17) is 9.47 Å². The van der Waals surface area contributed by atoms with Crippen LogP contribution in [0.5, 0.6) is 0 Å². The summed E-state index contributed by atoms with van der Waals surface area (Å²) >= 11 is 0. The Labute approximate surface area is 153 Å². The summed E-state index contributed by atoms with van der Waals surface area (Å²) in [5.74, 6) is -1.60. The molecule has 27 heavy (non-hydrogen) atoms. The van der Waals surface area contributed by atoms with E-state index in [1.165, 1.54) is 0 Å². The molecule has 0 aliphatic carbocycles. The maximum atomic E-state index is 13.5. The van der Waals surface area contributed by atoms with Crippen molar-refractivity contribution in [1.29, 1.82) is 0 Å². The molecule has 3 rings (SSSR count). The summed E-state index contributed by atoms with van der Waals surface area (Å²) in [6.07, 6.45) is -1.16. The van der Waals surface area contributed by atoms with E-state index in [9.17, 15) is 23.9 Å². The minimum absolute atomic E-state index is 0.0493. The molecule has 1 saturated heterocycles. The number of carbonyl (C=O) groups excluding carboxylic acids is 1. The number of hydrogen-bond acceptors (Lipinski definition) is 6. The molecular formula is C18H19FN2O6. The zero-order valence-corrected chi connectivity index (χ0v) is 14.3. The van der Waals surface area contributed by atoms with Gasteiger partial charge >= 0.3 is 11.7 Å². The van der Waals surface area contributed by atoms with Gasteiger partial charge in [0.1, 0.15) is 18.4 Å². The van der Waals surface area contributed by atoms with E-state index in [1.54, 1.807) is 0 Å². The Morgan fingerprint density at radius 3 is 2.78 bits per heavy atom. The number of hydrogen-bond donors (Lipinski definition) is 2. The number of aliphatic hydroxyl groups excluding tert-OH is 1. The summed E-state index contributed by atoms with van der Waals surface area (Å²) in [6, 6.07) is 9.43. The molecule has 0 saturated carbocycles. The van der Waals surface area contributed by atoms with E-state index >= 15 is 0 Å². The number of nitrogens with zero attached hydrogens (tertiary/aromatic N) is 1. The van der Waals surface area contributed by atoms with E-state index in [-0.39, 0.29) is 12.8 Å². The lowest BCUT2D eigenvalue weighted by molar-refractivity contribution is -0.153. The van der Waals surface area contributed by atoms with Gasteiger partial charge in [-0.05, 0) is 12.0 Å². The van der Waals surface area contributed by atoms with Crippen molar-refractivity contribution in [1.82, 2.24) is 9.55 Å². The van der Waals surface area contributed by atoms with Crippen LogP contribution < -0.4 is 11.2 Å². The van der Waals surface area contributed by atoms with Crippen molar-refractivity contribution in [3.8, 4) is 0 Å². The third-order valence-corrected chi connectivity index (χ3v) is 4.34. The second-order valence-corrected chi connectivity index (χ2v) is 6.20. The first-order valence-corrected chi connectivity index (χ1v) is 8.48. The number of benzene rings is 1. The molecule has 1 aliphatic rings. The summed E-state index contributed by atoms with van der Waals surface area (Å²) in [4.78, 5) is 36.9. The topological polar surface area (TPSA) is 111 Å². The number of ether oxygens (including phenoxy) is 2.